The van der Waals surface area contributed by atoms with Crippen molar-refractivity contribution >= 4 is 41.2 Å². The predicted octanol–water partition coefficient (Wildman–Crippen LogP) is 12.7. The molecule has 2 aromatic carbocycles. The average molecular weight is 886 g/mol. The van der Waals surface area contributed by atoms with Crippen LogP contribution in [0.4, 0.5) is 0 Å². The van der Waals surface area contributed by atoms with Gasteiger partial charge in [0.05, 0.1) is 57.3 Å². The van der Waals surface area contributed by atoms with Crippen LogP contribution in [-0.4, -0.2) is 61.1 Å². The van der Waals surface area contributed by atoms with Gasteiger partial charge in [0.15, 0.2) is 0 Å². The van der Waals surface area contributed by atoms with Gasteiger partial charge in [0, 0.05) is 30.1 Å². The Hall–Kier alpha value is -4.43. The van der Waals surface area contributed by atoms with Crippen molar-refractivity contribution in [2.45, 2.75) is 126 Å². The Morgan fingerprint density at radius 1 is 0.823 bits per heavy atom. The van der Waals surface area contributed by atoms with E-state index >= 15 is 0 Å². The Morgan fingerprint density at radius 3 is 2.03 bits per heavy atom. The Morgan fingerprint density at radius 2 is 1.47 bits per heavy atom. The van der Waals surface area contributed by atoms with E-state index in [0.717, 1.165) is 74.4 Å². The summed E-state index contributed by atoms with van der Waals surface area (Å²) < 4.78 is 30.3. The van der Waals surface area contributed by atoms with Gasteiger partial charge in [-0.15, -0.1) is 11.3 Å². The molecule has 3 heterocycles. The molecule has 0 fully saturated rings. The minimum atomic E-state index is -0.749. The van der Waals surface area contributed by atoms with E-state index in [1.54, 1.807) is 31.9 Å². The number of benzene rings is 2. The Balaban J connectivity index is 0.000000667. The second kappa shape index (κ2) is 29.0. The smallest absolute Gasteiger partial charge is 0.234 e. The van der Waals surface area contributed by atoms with Crippen LogP contribution in [0, 0.1) is 32.1 Å². The topological polar surface area (TPSA) is 121 Å². The summed E-state index contributed by atoms with van der Waals surface area (Å²) in [7, 11) is 5.86. The van der Waals surface area contributed by atoms with Crippen molar-refractivity contribution in [2.24, 2.45) is 0 Å². The highest BCUT2D eigenvalue weighted by Gasteiger charge is 2.40. The number of thiophene rings is 1. The molecule has 12 heteroatoms. The fourth-order valence-electron chi connectivity index (χ4n) is 6.41. The number of nitriles is 1. The van der Waals surface area contributed by atoms with Crippen LogP contribution in [0.25, 0.3) is 20.4 Å². The summed E-state index contributed by atoms with van der Waals surface area (Å²) >= 11 is 1.60. The molecule has 0 bridgehead atoms. The number of fused-ring (bicyclic) bond motifs is 3. The van der Waals surface area contributed by atoms with Gasteiger partial charge in [-0.1, -0.05) is 85.6 Å². The van der Waals surface area contributed by atoms with Gasteiger partial charge >= 0.3 is 0 Å². The fourth-order valence-corrected chi connectivity index (χ4v) is 7.58. The van der Waals surface area contributed by atoms with Crippen LogP contribution in [0.15, 0.2) is 84.4 Å². The van der Waals surface area contributed by atoms with Gasteiger partial charge in [-0.2, -0.15) is 5.26 Å². The lowest BCUT2D eigenvalue weighted by atomic mass is 9.76. The highest BCUT2D eigenvalue weighted by Crippen LogP contribution is 2.45. The molecule has 3 aromatic heterocycles. The quantitative estimate of drug-likeness (QED) is 0.0757. The van der Waals surface area contributed by atoms with Crippen LogP contribution in [0.5, 0.6) is 11.6 Å². The van der Waals surface area contributed by atoms with Crippen molar-refractivity contribution in [3.8, 4) is 17.7 Å². The van der Waals surface area contributed by atoms with E-state index in [1.165, 1.54) is 16.7 Å². The maximum atomic E-state index is 8.05. The lowest BCUT2D eigenvalue weighted by Crippen LogP contribution is -2.35. The number of rotatable bonds is 16. The zero-order valence-corrected chi connectivity index (χ0v) is 41.5. The molecule has 2 atom stereocenters. The molecule has 2 unspecified atom stereocenters. The summed E-state index contributed by atoms with van der Waals surface area (Å²) in [6.45, 7) is 24.0. The van der Waals surface area contributed by atoms with Crippen LogP contribution in [0.2, 0.25) is 0 Å². The summed E-state index contributed by atoms with van der Waals surface area (Å²) in [5, 5.41) is 12.1. The predicted molar refractivity (Wildman–Crippen MR) is 262 cm³/mol. The van der Waals surface area contributed by atoms with E-state index in [-0.39, 0.29) is 6.10 Å². The molecule has 0 spiro atoms. The third-order valence-corrected chi connectivity index (χ3v) is 11.5. The number of unbranched alkanes of at least 4 members (excludes halogenated alkanes) is 1. The Bertz CT molecular complexity index is 2150. The maximum Gasteiger partial charge on any atom is 0.234 e. The van der Waals surface area contributed by atoms with E-state index in [9.17, 15) is 0 Å². The molecule has 6 rings (SSSR count). The molecule has 0 amide bonds. The third-order valence-electron chi connectivity index (χ3n) is 9.77. The number of aromatic nitrogens is 3. The second-order valence-corrected chi connectivity index (χ2v) is 15.8. The van der Waals surface area contributed by atoms with Crippen molar-refractivity contribution in [2.75, 3.05) is 34.0 Å². The monoisotopic (exact) mass is 885 g/mol. The molecular weight excluding hydrogens is 814 g/mol. The molecule has 0 radical (unpaired) electrons. The number of nitrogens with zero attached hydrogens (tertiary/aromatic N) is 4. The molecule has 10 nitrogen and oxygen atoms in total. The molecule has 0 aliphatic heterocycles. The number of nitrogens with one attached hydrogen (secondary N) is 1. The first kappa shape index (κ1) is 53.7. The number of pyridine rings is 1. The first-order valence-electron chi connectivity index (χ1n) is 21.9. The third kappa shape index (κ3) is 15.1. The van der Waals surface area contributed by atoms with Crippen LogP contribution in [0.3, 0.4) is 0 Å². The molecule has 62 heavy (non-hydrogen) atoms. The molecule has 1 aliphatic rings. The molecular formula is C50H72N5O5PS. The molecule has 0 saturated carbocycles. The Kier molecular flexibility index (Phi) is 25.1. The van der Waals surface area contributed by atoms with Crippen molar-refractivity contribution in [1.29, 1.82) is 5.26 Å². The van der Waals surface area contributed by atoms with Gasteiger partial charge in [-0.3, -0.25) is 5.09 Å². The van der Waals surface area contributed by atoms with Gasteiger partial charge in [-0.05, 0) is 114 Å². The minimum Gasteiger partial charge on any atom is -0.501 e. The van der Waals surface area contributed by atoms with Crippen molar-refractivity contribution in [3.05, 3.63) is 112 Å². The minimum absolute atomic E-state index is 0.253. The van der Waals surface area contributed by atoms with Crippen LogP contribution in [0.1, 0.15) is 115 Å². The summed E-state index contributed by atoms with van der Waals surface area (Å²) in [6, 6.07) is 21.3. The average Bonchev–Trinajstić information content (AvgIpc) is 3.69. The van der Waals surface area contributed by atoms with Gasteiger partial charge < -0.3 is 23.7 Å². The SMILES string of the molecule is CC.CC.CC(C)NP.CC(C)OCCC#N.COC1=CC=C(C(OCCCCOc2ncnc3c2sc2nc(C)c(C)c(C)c23)(c2ccccc2)c2ccc(OC)cc2)CC1. The maximum absolute atomic E-state index is 8.05. The van der Waals surface area contributed by atoms with Gasteiger partial charge in [0.1, 0.15) is 27.2 Å². The van der Waals surface area contributed by atoms with Gasteiger partial charge in [0.2, 0.25) is 5.88 Å². The normalized spacial score (nSPS) is 12.8. The Labute approximate surface area is 378 Å². The first-order valence-corrected chi connectivity index (χ1v) is 23.3. The molecule has 0 saturated heterocycles. The van der Waals surface area contributed by atoms with Gasteiger partial charge in [0.25, 0.3) is 0 Å². The summed E-state index contributed by atoms with van der Waals surface area (Å²) in [5.41, 5.74) is 6.97. The molecule has 5 aromatic rings. The number of hydrogen-bond acceptors (Lipinski definition) is 11. The lowest BCUT2D eigenvalue weighted by Gasteiger charge is -2.39. The zero-order valence-electron chi connectivity index (χ0n) is 39.6. The number of methoxy groups -OCH3 is 2. The zero-order chi connectivity index (χ0) is 46.1. The second-order valence-electron chi connectivity index (χ2n) is 14.4. The largest absolute Gasteiger partial charge is 0.501 e. The van der Waals surface area contributed by atoms with Crippen LogP contribution < -0.4 is 14.6 Å². The van der Waals surface area contributed by atoms with E-state index in [4.69, 9.17) is 33.9 Å². The van der Waals surface area contributed by atoms with Crippen LogP contribution >= 0.6 is 20.7 Å². The number of aryl methyl sites for hydroxylation is 2. The summed E-state index contributed by atoms with van der Waals surface area (Å²) in [6.07, 6.45) is 9.84. The van der Waals surface area contributed by atoms with E-state index < -0.39 is 5.60 Å². The van der Waals surface area contributed by atoms with E-state index in [0.29, 0.717) is 38.2 Å². The first-order chi connectivity index (χ1) is 30.0. The van der Waals surface area contributed by atoms with Crippen molar-refractivity contribution < 1.29 is 23.7 Å². The number of ether oxygens (including phenoxy) is 5. The summed E-state index contributed by atoms with van der Waals surface area (Å²) in [5.74, 6) is 2.40. The fraction of sp³-hybridized carbons (Fsp3) is 0.480. The lowest BCUT2D eigenvalue weighted by molar-refractivity contribution is 0.00372. The van der Waals surface area contributed by atoms with Crippen molar-refractivity contribution in [3.63, 3.8) is 0 Å². The summed E-state index contributed by atoms with van der Waals surface area (Å²) in [4.78, 5) is 14.9. The molecule has 1 N–H and O–H groups in total. The molecule has 338 valence electrons. The van der Waals surface area contributed by atoms with Crippen molar-refractivity contribution in [1.82, 2.24) is 20.0 Å². The molecule has 1 aliphatic carbocycles. The van der Waals surface area contributed by atoms with Gasteiger partial charge in [-0.25, -0.2) is 15.0 Å². The number of hydrogen-bond donors (Lipinski definition) is 1. The highest BCUT2D eigenvalue weighted by molar-refractivity contribution is 7.25. The van der Waals surface area contributed by atoms with Crippen LogP contribution in [-0.2, 0) is 19.8 Å². The van der Waals surface area contributed by atoms with E-state index in [1.807, 2.05) is 65.8 Å². The number of allylic oxidation sites excluding steroid dienone is 3. The standard InChI is InChI=1S/C37H39N3O4S.C6H11NO.C3H10NP.2C2H6/c1-24-25(2)32-33-34(45-36(32)40-26(24)3)35(39-23-38-33)43-21-9-10-22-44-37(27-11-7-6-8-12-27,28-13-17-30(41-4)18-14-28)29-15-19-31(42-5)20-16-29;1-6(2)8-5-3-4-7;1-3(2)4-5;2*1-2/h6-8,11-15,17-19,23H,9-10,16,20-22H2,1-5H3;6H,3,5H2,1-2H3;3-4H,5H2,1-2H3;2*1-2H3. The van der Waals surface area contributed by atoms with E-state index in [2.05, 4.69) is 108 Å². The highest BCUT2D eigenvalue weighted by atomic mass is 32.1.